The minimum Gasteiger partial charge on any atom is -0.364 e. The number of likely N-dealkylation sites (tertiary alicyclic amines) is 1. The highest BCUT2D eigenvalue weighted by atomic mass is 15.4. The van der Waals surface area contributed by atoms with Crippen molar-refractivity contribution >= 4 is 11.5 Å². The van der Waals surface area contributed by atoms with Crippen molar-refractivity contribution in [1.29, 1.82) is 0 Å². The summed E-state index contributed by atoms with van der Waals surface area (Å²) in [6.45, 7) is 18.3. The maximum absolute atomic E-state index is 6.13. The highest BCUT2D eigenvalue weighted by Crippen LogP contribution is 2.34. The van der Waals surface area contributed by atoms with Gasteiger partial charge in [-0.1, -0.05) is 30.9 Å². The van der Waals surface area contributed by atoms with Gasteiger partial charge in [-0.05, 0) is 69.2 Å². The number of fused-ring (bicyclic) bond motifs is 4. The summed E-state index contributed by atoms with van der Waals surface area (Å²) in [5, 5.41) is 3.76. The maximum atomic E-state index is 6.13. The number of hydrogen-bond donors (Lipinski definition) is 2. The Balaban J connectivity index is 1.53. The maximum Gasteiger partial charge on any atom is 0.136 e. The van der Waals surface area contributed by atoms with Crippen molar-refractivity contribution in [3.05, 3.63) is 77.4 Å². The number of likely N-dealkylation sites (N-methyl/N-ethyl adjacent to an activating group) is 1. The lowest BCUT2D eigenvalue weighted by Crippen LogP contribution is -2.58. The molecule has 0 saturated carbocycles. The first-order chi connectivity index (χ1) is 18.7. The van der Waals surface area contributed by atoms with Gasteiger partial charge in [0.25, 0.3) is 0 Å². The number of benzene rings is 1. The molecule has 2 fully saturated rings. The van der Waals surface area contributed by atoms with Crippen molar-refractivity contribution in [1.82, 2.24) is 24.9 Å². The zero-order valence-corrected chi connectivity index (χ0v) is 24.4. The first-order valence-electron chi connectivity index (χ1n) is 14.7. The van der Waals surface area contributed by atoms with Crippen molar-refractivity contribution in [2.75, 3.05) is 46.8 Å². The summed E-state index contributed by atoms with van der Waals surface area (Å²) in [4.78, 5) is 14.4. The van der Waals surface area contributed by atoms with E-state index in [1.54, 1.807) is 0 Å². The smallest absolute Gasteiger partial charge is 0.136 e. The van der Waals surface area contributed by atoms with E-state index in [1.165, 1.54) is 29.5 Å². The molecule has 210 valence electrons. The predicted molar refractivity (Wildman–Crippen MR) is 163 cm³/mol. The quantitative estimate of drug-likeness (QED) is 0.532. The molecule has 4 heterocycles. The van der Waals surface area contributed by atoms with Crippen LogP contribution in [-0.2, 0) is 6.42 Å². The van der Waals surface area contributed by atoms with E-state index < -0.39 is 0 Å². The van der Waals surface area contributed by atoms with Gasteiger partial charge in [0.05, 0.1) is 6.04 Å². The van der Waals surface area contributed by atoms with Crippen LogP contribution in [0, 0.1) is 6.92 Å². The lowest BCUT2D eigenvalue weighted by atomic mass is 9.91. The van der Waals surface area contributed by atoms with Gasteiger partial charge >= 0.3 is 0 Å². The molecule has 2 unspecified atom stereocenters. The zero-order valence-electron chi connectivity index (χ0n) is 24.4. The number of hydrogen-bond acceptors (Lipinski definition) is 7. The van der Waals surface area contributed by atoms with Crippen molar-refractivity contribution in [3.63, 3.8) is 0 Å². The van der Waals surface area contributed by atoms with Gasteiger partial charge in [0.15, 0.2) is 0 Å². The summed E-state index contributed by atoms with van der Waals surface area (Å²) in [6, 6.07) is 7.72. The van der Waals surface area contributed by atoms with Crippen molar-refractivity contribution < 1.29 is 0 Å². The first kappa shape index (κ1) is 27.5. The summed E-state index contributed by atoms with van der Waals surface area (Å²) in [5.74, 6) is 3.06. The second kappa shape index (κ2) is 11.6. The Kier molecular flexibility index (Phi) is 8.19. The lowest BCUT2D eigenvalue weighted by Gasteiger charge is -2.42. The topological polar surface area (TPSA) is 63.4 Å². The second-order valence-electron chi connectivity index (χ2n) is 11.9. The second-order valence-corrected chi connectivity index (χ2v) is 11.9. The average molecular weight is 530 g/mol. The normalized spacial score (nSPS) is 27.1. The van der Waals surface area contributed by atoms with Gasteiger partial charge in [0.1, 0.15) is 17.5 Å². The van der Waals surface area contributed by atoms with Crippen LogP contribution in [-0.4, -0.2) is 90.4 Å². The number of aryl methyl sites for hydroxylation is 2. The fourth-order valence-corrected chi connectivity index (χ4v) is 6.21. The van der Waals surface area contributed by atoms with Gasteiger partial charge < -0.3 is 30.7 Å². The van der Waals surface area contributed by atoms with Crippen LogP contribution in [0.2, 0.25) is 0 Å². The molecular weight excluding hydrogens is 482 g/mol. The molecule has 4 aliphatic rings. The van der Waals surface area contributed by atoms with E-state index in [1.807, 2.05) is 0 Å². The molecule has 0 aliphatic carbocycles. The molecule has 39 heavy (non-hydrogen) atoms. The number of nitrogens with zero attached hydrogens (tertiary/aromatic N) is 5. The molecule has 3 N–H and O–H groups in total. The number of aliphatic imine (C=N–C) groups is 1. The van der Waals surface area contributed by atoms with E-state index in [2.05, 4.69) is 96.4 Å². The van der Waals surface area contributed by atoms with E-state index in [0.29, 0.717) is 6.04 Å². The number of nitrogens with one attached hydrogen (secondary N) is 1. The molecule has 2 atom stereocenters. The van der Waals surface area contributed by atoms with Crippen LogP contribution in [0.4, 0.5) is 0 Å². The lowest BCUT2D eigenvalue weighted by molar-refractivity contribution is 0.247. The fourth-order valence-electron chi connectivity index (χ4n) is 6.21. The molecule has 0 aromatic heterocycles. The summed E-state index contributed by atoms with van der Waals surface area (Å²) < 4.78 is 0. The van der Waals surface area contributed by atoms with E-state index in [4.69, 9.17) is 10.7 Å². The third-order valence-electron chi connectivity index (χ3n) is 8.75. The number of amidine groups is 1. The molecule has 0 radical (unpaired) electrons. The summed E-state index contributed by atoms with van der Waals surface area (Å²) in [6.07, 6.45) is 9.98. The van der Waals surface area contributed by atoms with E-state index in [9.17, 15) is 0 Å². The standard InChI is InChI=1S/C32H47N7/c1-22-10-12-26-13-11-24(3)34-14-16-36(5)32-19-31(38-20-27(33)21-38)35-30(37(32)6)18-23(2)29-9-7-8-15-39(29)25(4)28(26)17-22/h10,12,17-19,24,27,29,34H,2,4,7-9,11,13-16,20-21,33H2,1,3,5-6H3/b30-18-. The Morgan fingerprint density at radius 2 is 1.85 bits per heavy atom. The predicted octanol–water partition coefficient (Wildman–Crippen LogP) is 3.90. The van der Waals surface area contributed by atoms with Crippen molar-refractivity contribution in [2.45, 2.75) is 64.1 Å². The molecule has 2 saturated heterocycles. The van der Waals surface area contributed by atoms with Crippen LogP contribution in [0.5, 0.6) is 0 Å². The molecule has 0 amide bonds. The summed E-state index contributed by atoms with van der Waals surface area (Å²) >= 11 is 0. The van der Waals surface area contributed by atoms with Gasteiger partial charge in [-0.25, -0.2) is 4.99 Å². The molecule has 1 aromatic carbocycles. The van der Waals surface area contributed by atoms with Crippen LogP contribution in [0.15, 0.2) is 65.7 Å². The van der Waals surface area contributed by atoms with Gasteiger partial charge in [0.2, 0.25) is 0 Å². The van der Waals surface area contributed by atoms with Crippen LogP contribution in [0.1, 0.15) is 49.3 Å². The van der Waals surface area contributed by atoms with E-state index >= 15 is 0 Å². The Labute approximate surface area is 235 Å². The average Bonchev–Trinajstić information content (AvgIpc) is 2.90. The molecule has 5 rings (SSSR count). The Morgan fingerprint density at radius 1 is 1.05 bits per heavy atom. The molecule has 7 heteroatoms. The van der Waals surface area contributed by atoms with Crippen LogP contribution in [0.25, 0.3) is 5.70 Å². The highest BCUT2D eigenvalue weighted by Gasteiger charge is 2.31. The third-order valence-corrected chi connectivity index (χ3v) is 8.75. The molecule has 7 nitrogen and oxygen atoms in total. The molecule has 1 aromatic rings. The number of rotatable bonds is 0. The minimum absolute atomic E-state index is 0.208. The van der Waals surface area contributed by atoms with Gasteiger partial charge in [0, 0.05) is 76.2 Å². The van der Waals surface area contributed by atoms with E-state index in [-0.39, 0.29) is 12.1 Å². The number of nitrogens with two attached hydrogens (primary N) is 1. The summed E-state index contributed by atoms with van der Waals surface area (Å²) in [7, 11) is 4.29. The summed E-state index contributed by atoms with van der Waals surface area (Å²) in [5.41, 5.74) is 12.3. The monoisotopic (exact) mass is 529 g/mol. The Bertz CT molecular complexity index is 1190. The van der Waals surface area contributed by atoms with Crippen molar-refractivity contribution in [3.8, 4) is 0 Å². The van der Waals surface area contributed by atoms with Crippen LogP contribution in [0.3, 0.4) is 0 Å². The van der Waals surface area contributed by atoms with Gasteiger partial charge in [-0.3, -0.25) is 0 Å². The fraction of sp³-hybridized carbons (Fsp3) is 0.531. The molecule has 4 aliphatic heterocycles. The molecule has 2 bridgehead atoms. The van der Waals surface area contributed by atoms with Gasteiger partial charge in [-0.2, -0.15) is 0 Å². The third kappa shape index (κ3) is 5.94. The van der Waals surface area contributed by atoms with Crippen LogP contribution < -0.4 is 11.1 Å². The Morgan fingerprint density at radius 3 is 2.62 bits per heavy atom. The molecular formula is C32H47N7. The number of piperidine rings is 1. The first-order valence-corrected chi connectivity index (χ1v) is 14.7. The minimum atomic E-state index is 0.208. The largest absolute Gasteiger partial charge is 0.364 e. The Hall–Kier alpha value is -3.03. The van der Waals surface area contributed by atoms with E-state index in [0.717, 1.165) is 80.7 Å². The zero-order chi connectivity index (χ0) is 27.7. The van der Waals surface area contributed by atoms with Crippen molar-refractivity contribution in [2.24, 2.45) is 10.7 Å². The SMILES string of the molecule is C=C1/C=C2/N=C(N3CC(N)C3)C=C(N(C)CCNC(C)CCc3ccc(C)cc3C(=C)N3CCCCC13)N2C. The van der Waals surface area contributed by atoms with Crippen LogP contribution >= 0.6 is 0 Å². The van der Waals surface area contributed by atoms with Gasteiger partial charge in [-0.15, -0.1) is 0 Å². The molecule has 0 spiro atoms. The highest BCUT2D eigenvalue weighted by molar-refractivity contribution is 5.95.